The van der Waals surface area contributed by atoms with Crippen molar-refractivity contribution in [1.82, 2.24) is 5.32 Å². The molecule has 0 aliphatic heterocycles. The molecular formula is C22H30N2O2. The van der Waals surface area contributed by atoms with E-state index in [9.17, 15) is 5.11 Å². The van der Waals surface area contributed by atoms with Gasteiger partial charge in [0, 0.05) is 32.4 Å². The number of aliphatic hydroxyl groups is 1. The zero-order chi connectivity index (χ0) is 18.4. The third kappa shape index (κ3) is 5.23. The van der Waals surface area contributed by atoms with Gasteiger partial charge in [-0.25, -0.2) is 0 Å². The van der Waals surface area contributed by atoms with Crippen molar-refractivity contribution in [1.29, 1.82) is 0 Å². The van der Waals surface area contributed by atoms with Crippen LogP contribution in [0.2, 0.25) is 0 Å². The summed E-state index contributed by atoms with van der Waals surface area (Å²) in [5.74, 6) is 0.797. The van der Waals surface area contributed by atoms with E-state index in [1.54, 1.807) is 0 Å². The lowest BCUT2D eigenvalue weighted by Gasteiger charge is -2.21. The Morgan fingerprint density at radius 1 is 1.15 bits per heavy atom. The molecule has 2 atom stereocenters. The summed E-state index contributed by atoms with van der Waals surface area (Å²) in [6.07, 6.45) is 3.97. The summed E-state index contributed by atoms with van der Waals surface area (Å²) < 4.78 is 5.64. The summed E-state index contributed by atoms with van der Waals surface area (Å²) in [7, 11) is 4.16. The van der Waals surface area contributed by atoms with Crippen LogP contribution in [0, 0.1) is 0 Å². The van der Waals surface area contributed by atoms with Crippen molar-refractivity contribution in [3.05, 3.63) is 59.7 Å². The van der Waals surface area contributed by atoms with Crippen molar-refractivity contribution in [2.24, 2.45) is 0 Å². The number of fused-ring (bicyclic) bond motifs is 1. The van der Waals surface area contributed by atoms with Crippen molar-refractivity contribution in [2.45, 2.75) is 37.8 Å². The van der Waals surface area contributed by atoms with Crippen LogP contribution in [-0.2, 0) is 12.8 Å². The number of hydrogen-bond donors (Lipinski definition) is 2. The zero-order valence-electron chi connectivity index (χ0n) is 15.8. The van der Waals surface area contributed by atoms with Crippen molar-refractivity contribution in [3.63, 3.8) is 0 Å². The molecule has 1 aliphatic carbocycles. The van der Waals surface area contributed by atoms with E-state index in [0.29, 0.717) is 19.2 Å². The Labute approximate surface area is 156 Å². The molecule has 4 nitrogen and oxygen atoms in total. The lowest BCUT2D eigenvalue weighted by atomic mass is 10.0. The van der Waals surface area contributed by atoms with Crippen LogP contribution in [0.5, 0.6) is 5.75 Å². The maximum absolute atomic E-state index is 10.2. The molecule has 1 aliphatic rings. The van der Waals surface area contributed by atoms with Crippen LogP contribution in [0.15, 0.2) is 48.5 Å². The van der Waals surface area contributed by atoms with Gasteiger partial charge in [0.1, 0.15) is 18.5 Å². The molecule has 0 aromatic heterocycles. The molecule has 0 saturated carbocycles. The summed E-state index contributed by atoms with van der Waals surface area (Å²) in [5, 5.41) is 13.8. The fourth-order valence-electron chi connectivity index (χ4n) is 3.48. The molecule has 1 unspecified atom stereocenters. The normalized spacial score (nSPS) is 17.9. The first-order valence-corrected chi connectivity index (χ1v) is 9.50. The third-order valence-electron chi connectivity index (χ3n) is 5.00. The second-order valence-corrected chi connectivity index (χ2v) is 7.33. The number of nitrogens with zero attached hydrogens (tertiary/aromatic N) is 1. The topological polar surface area (TPSA) is 44.7 Å². The van der Waals surface area contributed by atoms with Crippen LogP contribution in [0.3, 0.4) is 0 Å². The number of rotatable bonds is 7. The lowest BCUT2D eigenvalue weighted by Crippen LogP contribution is -2.39. The molecule has 0 spiro atoms. The van der Waals surface area contributed by atoms with E-state index in [1.807, 2.05) is 30.3 Å². The number of benzene rings is 2. The molecule has 140 valence electrons. The van der Waals surface area contributed by atoms with Gasteiger partial charge < -0.3 is 20.1 Å². The first-order valence-electron chi connectivity index (χ1n) is 9.50. The maximum atomic E-state index is 10.2. The molecule has 0 saturated heterocycles. The summed E-state index contributed by atoms with van der Waals surface area (Å²) in [5.41, 5.74) is 4.15. The summed E-state index contributed by atoms with van der Waals surface area (Å²) in [4.78, 5) is 2.15. The fraction of sp³-hybridized carbons (Fsp3) is 0.455. The first kappa shape index (κ1) is 18.7. The summed E-state index contributed by atoms with van der Waals surface area (Å²) in [6.45, 7) is 0.866. The van der Waals surface area contributed by atoms with Crippen LogP contribution < -0.4 is 15.0 Å². The van der Waals surface area contributed by atoms with Gasteiger partial charge in [0.25, 0.3) is 0 Å². The predicted octanol–water partition coefficient (Wildman–Crippen LogP) is 3.03. The van der Waals surface area contributed by atoms with Gasteiger partial charge in [-0.3, -0.25) is 0 Å². The van der Waals surface area contributed by atoms with Gasteiger partial charge in [-0.1, -0.05) is 24.3 Å². The van der Waals surface area contributed by atoms with Crippen molar-refractivity contribution in [2.75, 3.05) is 32.1 Å². The minimum absolute atomic E-state index is 0.311. The standard InChI is InChI=1S/C22H30N2O2/c1-24(2)20-12-11-17-7-6-8-19(13-18(17)14-20)23-15-21(25)16-26-22-9-4-3-5-10-22/h3-5,9-12,14,19,21,23,25H,6-8,13,15-16H2,1-2H3/t19?,21-/m0/s1. The molecule has 0 bridgehead atoms. The Hall–Kier alpha value is -2.04. The molecule has 0 fully saturated rings. The molecular weight excluding hydrogens is 324 g/mol. The maximum Gasteiger partial charge on any atom is 0.119 e. The zero-order valence-corrected chi connectivity index (χ0v) is 15.8. The summed E-state index contributed by atoms with van der Waals surface area (Å²) >= 11 is 0. The second kappa shape index (κ2) is 9.06. The summed E-state index contributed by atoms with van der Waals surface area (Å²) in [6, 6.07) is 16.8. The number of para-hydroxylation sites is 1. The van der Waals surface area contributed by atoms with Crippen molar-refractivity contribution >= 4 is 5.69 Å². The van der Waals surface area contributed by atoms with E-state index in [1.165, 1.54) is 23.2 Å². The van der Waals surface area contributed by atoms with E-state index >= 15 is 0 Å². The third-order valence-corrected chi connectivity index (χ3v) is 5.00. The van der Waals surface area contributed by atoms with Gasteiger partial charge in [-0.15, -0.1) is 0 Å². The number of anilines is 1. The Bertz CT molecular complexity index is 688. The van der Waals surface area contributed by atoms with Gasteiger partial charge >= 0.3 is 0 Å². The molecule has 4 heteroatoms. The van der Waals surface area contributed by atoms with E-state index < -0.39 is 6.10 Å². The highest BCUT2D eigenvalue weighted by Crippen LogP contribution is 2.25. The van der Waals surface area contributed by atoms with E-state index in [4.69, 9.17) is 4.74 Å². The molecule has 2 aromatic carbocycles. The second-order valence-electron chi connectivity index (χ2n) is 7.33. The average Bonchev–Trinajstić information content (AvgIpc) is 2.86. The van der Waals surface area contributed by atoms with Gasteiger partial charge in [-0.2, -0.15) is 0 Å². The molecule has 0 radical (unpaired) electrons. The molecule has 0 heterocycles. The Kier molecular flexibility index (Phi) is 6.53. The average molecular weight is 354 g/mol. The van der Waals surface area contributed by atoms with Crippen molar-refractivity contribution in [3.8, 4) is 5.75 Å². The van der Waals surface area contributed by atoms with Gasteiger partial charge in [0.05, 0.1) is 0 Å². The smallest absolute Gasteiger partial charge is 0.119 e. The first-order chi connectivity index (χ1) is 12.6. The molecule has 3 rings (SSSR count). The molecule has 0 amide bonds. The Morgan fingerprint density at radius 2 is 1.96 bits per heavy atom. The van der Waals surface area contributed by atoms with Crippen LogP contribution in [0.4, 0.5) is 5.69 Å². The highest BCUT2D eigenvalue weighted by molar-refractivity contribution is 5.50. The minimum atomic E-state index is -0.508. The number of aliphatic hydroxyl groups excluding tert-OH is 1. The number of hydrogen-bond acceptors (Lipinski definition) is 4. The number of nitrogens with one attached hydrogen (secondary N) is 1. The minimum Gasteiger partial charge on any atom is -0.491 e. The number of ether oxygens (including phenoxy) is 1. The number of aryl methyl sites for hydroxylation is 1. The molecule has 26 heavy (non-hydrogen) atoms. The largest absolute Gasteiger partial charge is 0.491 e. The fourth-order valence-corrected chi connectivity index (χ4v) is 3.48. The monoisotopic (exact) mass is 354 g/mol. The lowest BCUT2D eigenvalue weighted by molar-refractivity contribution is 0.103. The highest BCUT2D eigenvalue weighted by Gasteiger charge is 2.18. The molecule has 2 aromatic rings. The quantitative estimate of drug-likeness (QED) is 0.750. The van der Waals surface area contributed by atoms with E-state index in [0.717, 1.165) is 25.0 Å². The van der Waals surface area contributed by atoms with Crippen LogP contribution in [0.1, 0.15) is 24.0 Å². The van der Waals surface area contributed by atoms with Gasteiger partial charge in [0.15, 0.2) is 0 Å². The van der Waals surface area contributed by atoms with E-state index in [-0.39, 0.29) is 0 Å². The van der Waals surface area contributed by atoms with Gasteiger partial charge in [0.2, 0.25) is 0 Å². The van der Waals surface area contributed by atoms with Crippen LogP contribution in [-0.4, -0.2) is 44.5 Å². The molecule has 2 N–H and O–H groups in total. The predicted molar refractivity (Wildman–Crippen MR) is 107 cm³/mol. The van der Waals surface area contributed by atoms with Gasteiger partial charge in [-0.05, 0) is 61.1 Å². The highest BCUT2D eigenvalue weighted by atomic mass is 16.5. The van der Waals surface area contributed by atoms with Crippen LogP contribution >= 0.6 is 0 Å². The van der Waals surface area contributed by atoms with Crippen molar-refractivity contribution < 1.29 is 9.84 Å². The van der Waals surface area contributed by atoms with Crippen LogP contribution in [0.25, 0.3) is 0 Å². The SMILES string of the molecule is CN(C)c1ccc2c(c1)CC(NC[C@H](O)COc1ccccc1)CCC2. The Balaban J connectivity index is 1.51. The van der Waals surface area contributed by atoms with E-state index in [2.05, 4.69) is 42.5 Å². The Morgan fingerprint density at radius 3 is 2.73 bits per heavy atom.